The summed E-state index contributed by atoms with van der Waals surface area (Å²) in [5.41, 5.74) is 4.50. The number of hydrogen-bond acceptors (Lipinski definition) is 3. The number of benzene rings is 3. The summed E-state index contributed by atoms with van der Waals surface area (Å²) in [6.45, 7) is 2.87. The standard InChI is InChI=1S/C28H27N3O3/c1-19-10-11-25-22(12-19)15-26(29-25)28(34)30-17-23(13-20-6-3-2-4-7-20)31(27(33)18-30)16-21-8-5-9-24(32)14-21/h2-12,14-15,23,29,32H,13,16-18H2,1H3/t23-/m0/s1. The van der Waals surface area contributed by atoms with Crippen molar-refractivity contribution in [2.45, 2.75) is 25.9 Å². The van der Waals surface area contributed by atoms with Gasteiger partial charge in [-0.2, -0.15) is 0 Å². The molecule has 6 heteroatoms. The maximum Gasteiger partial charge on any atom is 0.270 e. The number of fused-ring (bicyclic) bond motifs is 1. The molecule has 2 heterocycles. The number of phenols is 1. The summed E-state index contributed by atoms with van der Waals surface area (Å²) in [6, 6.07) is 24.7. The molecule has 172 valence electrons. The summed E-state index contributed by atoms with van der Waals surface area (Å²) in [6.07, 6.45) is 0.640. The van der Waals surface area contributed by atoms with Crippen molar-refractivity contribution >= 4 is 22.7 Å². The number of aryl methyl sites for hydroxylation is 1. The molecule has 0 spiro atoms. The Labute approximate surface area is 198 Å². The minimum atomic E-state index is -0.179. The van der Waals surface area contributed by atoms with Crippen molar-refractivity contribution in [3.8, 4) is 5.75 Å². The first-order valence-electron chi connectivity index (χ1n) is 11.5. The first kappa shape index (κ1) is 21.8. The van der Waals surface area contributed by atoms with Crippen LogP contribution in [0.4, 0.5) is 0 Å². The van der Waals surface area contributed by atoms with Gasteiger partial charge in [-0.1, -0.05) is 54.1 Å². The van der Waals surface area contributed by atoms with Gasteiger partial charge in [0.1, 0.15) is 18.0 Å². The quantitative estimate of drug-likeness (QED) is 0.474. The number of phenolic OH excluding ortho intramolecular Hbond substituents is 1. The molecule has 2 amide bonds. The van der Waals surface area contributed by atoms with Crippen LogP contribution < -0.4 is 0 Å². The highest BCUT2D eigenvalue weighted by molar-refractivity contribution is 6.00. The maximum absolute atomic E-state index is 13.4. The molecular formula is C28H27N3O3. The van der Waals surface area contributed by atoms with Crippen LogP contribution in [0, 0.1) is 6.92 Å². The highest BCUT2D eigenvalue weighted by atomic mass is 16.3. The molecule has 0 radical (unpaired) electrons. The van der Waals surface area contributed by atoms with Gasteiger partial charge in [0.2, 0.25) is 5.91 Å². The molecule has 2 N–H and O–H groups in total. The third kappa shape index (κ3) is 4.53. The van der Waals surface area contributed by atoms with Gasteiger partial charge in [-0.3, -0.25) is 9.59 Å². The van der Waals surface area contributed by atoms with Gasteiger partial charge in [-0.25, -0.2) is 0 Å². The lowest BCUT2D eigenvalue weighted by molar-refractivity contribution is -0.139. The van der Waals surface area contributed by atoms with Crippen LogP contribution in [0.2, 0.25) is 0 Å². The van der Waals surface area contributed by atoms with Gasteiger partial charge in [0.25, 0.3) is 5.91 Å². The van der Waals surface area contributed by atoms with Crippen molar-refractivity contribution < 1.29 is 14.7 Å². The summed E-state index contributed by atoms with van der Waals surface area (Å²) in [5.74, 6) is -0.0967. The largest absolute Gasteiger partial charge is 0.508 e. The molecule has 1 saturated heterocycles. The van der Waals surface area contributed by atoms with E-state index >= 15 is 0 Å². The first-order valence-corrected chi connectivity index (χ1v) is 11.5. The van der Waals surface area contributed by atoms with Crippen LogP contribution in [0.25, 0.3) is 10.9 Å². The molecule has 5 rings (SSSR count). The molecule has 6 nitrogen and oxygen atoms in total. The molecule has 1 atom stereocenters. The average molecular weight is 454 g/mol. The molecule has 0 unspecified atom stereocenters. The highest BCUT2D eigenvalue weighted by Crippen LogP contribution is 2.23. The molecule has 4 aromatic rings. The summed E-state index contributed by atoms with van der Waals surface area (Å²) in [5, 5.41) is 10.9. The van der Waals surface area contributed by atoms with Gasteiger partial charge in [-0.15, -0.1) is 0 Å². The number of carbonyl (C=O) groups is 2. The maximum atomic E-state index is 13.4. The van der Waals surface area contributed by atoms with E-state index in [2.05, 4.69) is 4.98 Å². The second kappa shape index (κ2) is 9.06. The van der Waals surface area contributed by atoms with E-state index in [0.29, 0.717) is 25.2 Å². The van der Waals surface area contributed by atoms with Crippen LogP contribution in [0.1, 0.15) is 27.2 Å². The minimum Gasteiger partial charge on any atom is -0.508 e. The van der Waals surface area contributed by atoms with Gasteiger partial charge in [0, 0.05) is 24.0 Å². The van der Waals surface area contributed by atoms with Crippen molar-refractivity contribution in [1.29, 1.82) is 0 Å². The fraction of sp³-hybridized carbons (Fsp3) is 0.214. The predicted molar refractivity (Wildman–Crippen MR) is 132 cm³/mol. The van der Waals surface area contributed by atoms with E-state index in [1.54, 1.807) is 23.1 Å². The number of aromatic amines is 1. The molecule has 1 aromatic heterocycles. The first-order chi connectivity index (χ1) is 16.5. The van der Waals surface area contributed by atoms with E-state index < -0.39 is 0 Å². The number of aromatic hydroxyl groups is 1. The topological polar surface area (TPSA) is 76.6 Å². The van der Waals surface area contributed by atoms with Crippen molar-refractivity contribution in [1.82, 2.24) is 14.8 Å². The molecule has 0 aliphatic carbocycles. The lowest BCUT2D eigenvalue weighted by Gasteiger charge is -2.41. The summed E-state index contributed by atoms with van der Waals surface area (Å²) in [4.78, 5) is 33.4. The number of nitrogens with one attached hydrogen (secondary N) is 1. The third-order valence-corrected chi connectivity index (χ3v) is 6.39. The molecule has 34 heavy (non-hydrogen) atoms. The lowest BCUT2D eigenvalue weighted by Crippen LogP contribution is -2.58. The molecule has 0 saturated carbocycles. The Hall–Kier alpha value is -4.06. The van der Waals surface area contributed by atoms with Gasteiger partial charge in [0.15, 0.2) is 0 Å². The van der Waals surface area contributed by atoms with E-state index in [0.717, 1.165) is 27.6 Å². The van der Waals surface area contributed by atoms with Crippen LogP contribution in [0.15, 0.2) is 78.9 Å². The Morgan fingerprint density at radius 3 is 2.59 bits per heavy atom. The average Bonchev–Trinajstić information content (AvgIpc) is 3.24. The summed E-state index contributed by atoms with van der Waals surface area (Å²) < 4.78 is 0. The van der Waals surface area contributed by atoms with Crippen LogP contribution in [-0.2, 0) is 17.8 Å². The van der Waals surface area contributed by atoms with E-state index in [4.69, 9.17) is 0 Å². The van der Waals surface area contributed by atoms with Gasteiger partial charge < -0.3 is 19.9 Å². The monoisotopic (exact) mass is 453 g/mol. The van der Waals surface area contributed by atoms with Crippen LogP contribution >= 0.6 is 0 Å². The van der Waals surface area contributed by atoms with Gasteiger partial charge in [0.05, 0.1) is 6.04 Å². The number of nitrogens with zero attached hydrogens (tertiary/aromatic N) is 2. The molecular weight excluding hydrogens is 426 g/mol. The zero-order valence-corrected chi connectivity index (χ0v) is 19.1. The Kier molecular flexibility index (Phi) is 5.80. The van der Waals surface area contributed by atoms with Crippen molar-refractivity contribution in [3.63, 3.8) is 0 Å². The Balaban J connectivity index is 1.42. The van der Waals surface area contributed by atoms with E-state index in [-0.39, 0.29) is 30.2 Å². The Morgan fingerprint density at radius 1 is 1.00 bits per heavy atom. The molecule has 1 fully saturated rings. The predicted octanol–water partition coefficient (Wildman–Crippen LogP) is 4.28. The Morgan fingerprint density at radius 2 is 1.79 bits per heavy atom. The number of amides is 2. The third-order valence-electron chi connectivity index (χ3n) is 6.39. The number of piperazine rings is 1. The zero-order chi connectivity index (χ0) is 23.7. The fourth-order valence-corrected chi connectivity index (χ4v) is 4.70. The van der Waals surface area contributed by atoms with E-state index in [9.17, 15) is 14.7 Å². The molecule has 3 aromatic carbocycles. The van der Waals surface area contributed by atoms with Crippen LogP contribution in [0.5, 0.6) is 5.75 Å². The number of rotatable bonds is 5. The second-order valence-corrected chi connectivity index (χ2v) is 8.99. The number of hydrogen-bond donors (Lipinski definition) is 2. The zero-order valence-electron chi connectivity index (χ0n) is 19.1. The smallest absolute Gasteiger partial charge is 0.270 e. The number of H-pyrrole nitrogens is 1. The molecule has 1 aliphatic rings. The second-order valence-electron chi connectivity index (χ2n) is 8.99. The van der Waals surface area contributed by atoms with Crippen molar-refractivity contribution in [2.24, 2.45) is 0 Å². The van der Waals surface area contributed by atoms with Crippen LogP contribution in [0.3, 0.4) is 0 Å². The normalized spacial score (nSPS) is 16.3. The molecule has 1 aliphatic heterocycles. The lowest BCUT2D eigenvalue weighted by atomic mass is 10.0. The Bertz CT molecular complexity index is 1350. The SMILES string of the molecule is Cc1ccc2[nH]c(C(=O)N3CC(=O)N(Cc4cccc(O)c4)[C@@H](Cc4ccccc4)C3)cc2c1. The minimum absolute atomic E-state index is 0.0251. The van der Waals surface area contributed by atoms with Gasteiger partial charge >= 0.3 is 0 Å². The number of aromatic nitrogens is 1. The van der Waals surface area contributed by atoms with Gasteiger partial charge in [-0.05, 0) is 54.8 Å². The summed E-state index contributed by atoms with van der Waals surface area (Å²) >= 11 is 0. The molecule has 0 bridgehead atoms. The summed E-state index contributed by atoms with van der Waals surface area (Å²) in [7, 11) is 0. The fourth-order valence-electron chi connectivity index (χ4n) is 4.70. The van der Waals surface area contributed by atoms with Crippen molar-refractivity contribution in [2.75, 3.05) is 13.1 Å². The number of carbonyl (C=O) groups excluding carboxylic acids is 2. The van der Waals surface area contributed by atoms with E-state index in [1.807, 2.05) is 72.5 Å². The van der Waals surface area contributed by atoms with E-state index in [1.165, 1.54) is 0 Å². The van der Waals surface area contributed by atoms with Crippen molar-refractivity contribution in [3.05, 3.63) is 101 Å². The highest BCUT2D eigenvalue weighted by Gasteiger charge is 2.35. The van der Waals surface area contributed by atoms with Crippen LogP contribution in [-0.4, -0.2) is 50.8 Å².